The van der Waals surface area contributed by atoms with Crippen molar-refractivity contribution in [3.63, 3.8) is 0 Å². The predicted molar refractivity (Wildman–Crippen MR) is 68.3 cm³/mol. The molecule has 88 valence electrons. The zero-order valence-corrected chi connectivity index (χ0v) is 10.9. The van der Waals surface area contributed by atoms with Gasteiger partial charge in [-0.3, -0.25) is 0 Å². The van der Waals surface area contributed by atoms with Gasteiger partial charge in [-0.15, -0.1) is 0 Å². The number of nitrogens with two attached hydrogens (primary N) is 1. The molecular weight excluding hydrogens is 204 g/mol. The maximum atomic E-state index is 6.05. The molecule has 0 aromatic rings. The van der Waals surface area contributed by atoms with Gasteiger partial charge < -0.3 is 10.6 Å². The zero-order valence-electron chi connectivity index (χ0n) is 10.0. The number of thioether (sulfide) groups is 1. The molecule has 0 aromatic carbocycles. The maximum Gasteiger partial charge on any atom is 0.0284 e. The van der Waals surface area contributed by atoms with Crippen molar-refractivity contribution in [3.05, 3.63) is 0 Å². The monoisotopic (exact) mass is 228 g/mol. The van der Waals surface area contributed by atoms with Gasteiger partial charge in [0.2, 0.25) is 0 Å². The highest BCUT2D eigenvalue weighted by atomic mass is 32.2. The van der Waals surface area contributed by atoms with Crippen LogP contribution < -0.4 is 5.73 Å². The third kappa shape index (κ3) is 2.51. The molecule has 2 nitrogen and oxygen atoms in total. The summed E-state index contributed by atoms with van der Waals surface area (Å²) in [6.45, 7) is 6.02. The van der Waals surface area contributed by atoms with E-state index in [1.54, 1.807) is 0 Å². The first-order chi connectivity index (χ1) is 7.15. The summed E-state index contributed by atoms with van der Waals surface area (Å²) < 4.78 is 0.598. The lowest BCUT2D eigenvalue weighted by atomic mass is 9.83. The predicted octanol–water partition coefficient (Wildman–Crippen LogP) is 1.94. The lowest BCUT2D eigenvalue weighted by Gasteiger charge is -2.46. The molecule has 1 heterocycles. The van der Waals surface area contributed by atoms with Crippen LogP contribution in [0.2, 0.25) is 0 Å². The molecular formula is C12H24N2S. The summed E-state index contributed by atoms with van der Waals surface area (Å²) in [7, 11) is 0. The molecule has 0 spiro atoms. The van der Waals surface area contributed by atoms with Crippen LogP contribution in [0.15, 0.2) is 0 Å². The van der Waals surface area contributed by atoms with E-state index < -0.39 is 0 Å². The Balaban J connectivity index is 1.84. The van der Waals surface area contributed by atoms with Crippen molar-refractivity contribution in [2.45, 2.75) is 43.4 Å². The highest BCUT2D eigenvalue weighted by molar-refractivity contribution is 8.00. The van der Waals surface area contributed by atoms with Gasteiger partial charge in [-0.05, 0) is 38.0 Å². The van der Waals surface area contributed by atoms with Gasteiger partial charge >= 0.3 is 0 Å². The Morgan fingerprint density at radius 2 is 2.20 bits per heavy atom. The number of hydrogen-bond donors (Lipinski definition) is 1. The number of likely N-dealkylation sites (tertiary alicyclic amines) is 1. The van der Waals surface area contributed by atoms with Gasteiger partial charge in [0.1, 0.15) is 0 Å². The van der Waals surface area contributed by atoms with E-state index in [4.69, 9.17) is 5.73 Å². The van der Waals surface area contributed by atoms with Crippen molar-refractivity contribution in [2.24, 2.45) is 11.7 Å². The van der Waals surface area contributed by atoms with Crippen LogP contribution in [-0.2, 0) is 0 Å². The summed E-state index contributed by atoms with van der Waals surface area (Å²) in [5.41, 5.74) is 6.05. The van der Waals surface area contributed by atoms with E-state index in [1.807, 2.05) is 0 Å². The molecule has 2 rings (SSSR count). The molecule has 1 saturated heterocycles. The standard InChI is InChI=1S/C12H24N2S/c1-10-8-14(7-4-11(10)13)9-12(15-2)5-3-6-12/h10-11H,3-9,13H2,1-2H3. The van der Waals surface area contributed by atoms with E-state index in [2.05, 4.69) is 29.8 Å². The maximum absolute atomic E-state index is 6.05. The van der Waals surface area contributed by atoms with Crippen molar-refractivity contribution in [2.75, 3.05) is 25.9 Å². The topological polar surface area (TPSA) is 29.3 Å². The van der Waals surface area contributed by atoms with Crippen molar-refractivity contribution < 1.29 is 0 Å². The van der Waals surface area contributed by atoms with E-state index in [-0.39, 0.29) is 0 Å². The van der Waals surface area contributed by atoms with E-state index in [0.717, 1.165) is 0 Å². The minimum absolute atomic E-state index is 0.438. The Labute approximate surface area is 98.0 Å². The summed E-state index contributed by atoms with van der Waals surface area (Å²) in [5.74, 6) is 0.678. The molecule has 15 heavy (non-hydrogen) atoms. The lowest BCUT2D eigenvalue weighted by molar-refractivity contribution is 0.132. The third-order valence-corrected chi connectivity index (χ3v) is 5.67. The molecule has 0 bridgehead atoms. The molecule has 2 N–H and O–H groups in total. The molecule has 2 fully saturated rings. The van der Waals surface area contributed by atoms with Crippen molar-refractivity contribution >= 4 is 11.8 Å². The minimum Gasteiger partial charge on any atom is -0.327 e. The molecule has 2 atom stereocenters. The third-order valence-electron chi connectivity index (χ3n) is 4.27. The quantitative estimate of drug-likeness (QED) is 0.800. The van der Waals surface area contributed by atoms with Crippen LogP contribution in [0.4, 0.5) is 0 Å². The van der Waals surface area contributed by atoms with Crippen molar-refractivity contribution in [3.8, 4) is 0 Å². The van der Waals surface area contributed by atoms with E-state index in [9.17, 15) is 0 Å². The second-order valence-corrected chi connectivity index (χ2v) is 6.68. The normalized spacial score (nSPS) is 36.2. The Kier molecular flexibility index (Phi) is 3.63. The Morgan fingerprint density at radius 3 is 2.67 bits per heavy atom. The number of nitrogens with zero attached hydrogens (tertiary/aromatic N) is 1. The van der Waals surface area contributed by atoms with E-state index >= 15 is 0 Å². The fourth-order valence-corrected chi connectivity index (χ4v) is 3.81. The summed E-state index contributed by atoms with van der Waals surface area (Å²) in [4.78, 5) is 2.64. The van der Waals surface area contributed by atoms with Crippen LogP contribution in [0.25, 0.3) is 0 Å². The van der Waals surface area contributed by atoms with E-state index in [1.165, 1.54) is 45.3 Å². The minimum atomic E-state index is 0.438. The van der Waals surface area contributed by atoms with Crippen LogP contribution in [0.3, 0.4) is 0 Å². The average molecular weight is 228 g/mol. The lowest BCUT2D eigenvalue weighted by Crippen LogP contribution is -2.52. The van der Waals surface area contributed by atoms with Gasteiger partial charge in [0.05, 0.1) is 0 Å². The second-order valence-electron chi connectivity index (χ2n) is 5.41. The molecule has 0 radical (unpaired) electrons. The first kappa shape index (κ1) is 11.7. The van der Waals surface area contributed by atoms with Gasteiger partial charge in [-0.1, -0.05) is 13.3 Å². The van der Waals surface area contributed by atoms with Gasteiger partial charge in [-0.25, -0.2) is 0 Å². The molecule has 0 aromatic heterocycles. The molecule has 0 amide bonds. The Bertz CT molecular complexity index is 210. The van der Waals surface area contributed by atoms with Gasteiger partial charge in [0.25, 0.3) is 0 Å². The second kappa shape index (κ2) is 4.64. The van der Waals surface area contributed by atoms with Gasteiger partial charge in [0.15, 0.2) is 0 Å². The van der Waals surface area contributed by atoms with Crippen LogP contribution >= 0.6 is 11.8 Å². The molecule has 2 unspecified atom stereocenters. The summed E-state index contributed by atoms with van der Waals surface area (Å²) >= 11 is 2.08. The summed E-state index contributed by atoms with van der Waals surface area (Å²) in [6, 6.07) is 0.438. The van der Waals surface area contributed by atoms with Crippen LogP contribution in [0.1, 0.15) is 32.6 Å². The van der Waals surface area contributed by atoms with Crippen LogP contribution in [0, 0.1) is 5.92 Å². The molecule has 2 aliphatic rings. The van der Waals surface area contributed by atoms with Crippen molar-refractivity contribution in [1.29, 1.82) is 0 Å². The SMILES string of the molecule is CSC1(CN2CCC(N)C(C)C2)CCC1. The molecule has 1 saturated carbocycles. The van der Waals surface area contributed by atoms with Gasteiger partial charge in [0, 0.05) is 23.9 Å². The molecule has 1 aliphatic carbocycles. The van der Waals surface area contributed by atoms with Crippen LogP contribution in [-0.4, -0.2) is 41.6 Å². The van der Waals surface area contributed by atoms with Crippen molar-refractivity contribution in [1.82, 2.24) is 4.90 Å². The highest BCUT2D eigenvalue weighted by Gasteiger charge is 2.38. The number of rotatable bonds is 3. The summed E-state index contributed by atoms with van der Waals surface area (Å²) in [5, 5.41) is 0. The molecule has 1 aliphatic heterocycles. The zero-order chi connectivity index (χ0) is 10.9. The fourth-order valence-electron chi connectivity index (χ4n) is 2.80. The van der Waals surface area contributed by atoms with Crippen LogP contribution in [0.5, 0.6) is 0 Å². The highest BCUT2D eigenvalue weighted by Crippen LogP contribution is 2.43. The molecule has 3 heteroatoms. The smallest absolute Gasteiger partial charge is 0.0284 e. The first-order valence-electron chi connectivity index (χ1n) is 6.18. The average Bonchev–Trinajstić information content (AvgIpc) is 2.17. The number of piperidine rings is 1. The summed E-state index contributed by atoms with van der Waals surface area (Å²) in [6.07, 6.45) is 7.74. The largest absolute Gasteiger partial charge is 0.327 e. The van der Waals surface area contributed by atoms with E-state index in [0.29, 0.717) is 16.7 Å². The first-order valence-corrected chi connectivity index (χ1v) is 7.41. The fraction of sp³-hybridized carbons (Fsp3) is 1.00. The Morgan fingerprint density at radius 1 is 1.47 bits per heavy atom. The Hall–Kier alpha value is 0.270. The number of hydrogen-bond acceptors (Lipinski definition) is 3. The van der Waals surface area contributed by atoms with Gasteiger partial charge in [-0.2, -0.15) is 11.8 Å².